The van der Waals surface area contributed by atoms with Gasteiger partial charge in [0, 0.05) is 9.50 Å². The van der Waals surface area contributed by atoms with E-state index < -0.39 is 18.0 Å². The normalized spacial score (nSPS) is 11.6. The van der Waals surface area contributed by atoms with Gasteiger partial charge in [0.05, 0.1) is 18.4 Å². The topological polar surface area (TPSA) is 86.2 Å². The summed E-state index contributed by atoms with van der Waals surface area (Å²) in [6.45, 7) is 3.82. The molecule has 0 fully saturated rings. The monoisotopic (exact) mass is 544 g/mol. The Morgan fingerprint density at radius 2 is 1.76 bits per heavy atom. The second-order valence-electron chi connectivity index (χ2n) is 6.98. The van der Waals surface area contributed by atoms with Crippen LogP contribution in [0.4, 0.5) is 0 Å². The van der Waals surface area contributed by atoms with E-state index in [-0.39, 0.29) is 5.75 Å². The molecule has 0 aromatic heterocycles. The molecule has 3 aromatic carbocycles. The van der Waals surface area contributed by atoms with E-state index >= 15 is 0 Å². The Bertz CT molecular complexity index is 1170. The zero-order chi connectivity index (χ0) is 24.5. The molecule has 1 N–H and O–H groups in total. The van der Waals surface area contributed by atoms with Gasteiger partial charge in [-0.05, 0) is 86.1 Å². The number of nitrogens with one attached hydrogen (secondary N) is 1. The first-order chi connectivity index (χ1) is 16.4. The van der Waals surface area contributed by atoms with Crippen molar-refractivity contribution in [3.63, 3.8) is 0 Å². The maximum atomic E-state index is 12.4. The van der Waals surface area contributed by atoms with Crippen LogP contribution in [0.5, 0.6) is 17.2 Å². The van der Waals surface area contributed by atoms with Crippen molar-refractivity contribution in [2.24, 2.45) is 5.10 Å². The highest BCUT2D eigenvalue weighted by atomic mass is 79.9. The van der Waals surface area contributed by atoms with Gasteiger partial charge in [0.2, 0.25) is 0 Å². The lowest BCUT2D eigenvalue weighted by atomic mass is 10.2. The van der Waals surface area contributed by atoms with Gasteiger partial charge in [0.25, 0.3) is 5.91 Å². The van der Waals surface area contributed by atoms with Gasteiger partial charge < -0.3 is 14.2 Å². The molecule has 0 saturated heterocycles. The fraction of sp³-hybridized carbons (Fsp3) is 0.160. The number of rotatable bonds is 9. The summed E-state index contributed by atoms with van der Waals surface area (Å²) in [5.74, 6) is 0.259. The van der Waals surface area contributed by atoms with Crippen molar-refractivity contribution in [3.8, 4) is 17.2 Å². The molecule has 0 saturated carbocycles. The summed E-state index contributed by atoms with van der Waals surface area (Å²) in [5, 5.41) is 4.50. The van der Waals surface area contributed by atoms with E-state index in [0.29, 0.717) is 34.3 Å². The Labute approximate surface area is 210 Å². The first-order valence-corrected chi connectivity index (χ1v) is 11.5. The zero-order valence-electron chi connectivity index (χ0n) is 18.5. The van der Waals surface area contributed by atoms with Gasteiger partial charge in [-0.15, -0.1) is 0 Å². The van der Waals surface area contributed by atoms with Crippen LogP contribution in [0.3, 0.4) is 0 Å². The maximum absolute atomic E-state index is 12.4. The van der Waals surface area contributed by atoms with E-state index in [0.717, 1.165) is 4.47 Å². The van der Waals surface area contributed by atoms with Gasteiger partial charge in [-0.2, -0.15) is 5.10 Å². The Kier molecular flexibility index (Phi) is 9.07. The molecular weight excluding hydrogens is 524 g/mol. The molecule has 0 aliphatic carbocycles. The predicted molar refractivity (Wildman–Crippen MR) is 134 cm³/mol. The van der Waals surface area contributed by atoms with Crippen LogP contribution in [0.25, 0.3) is 0 Å². The van der Waals surface area contributed by atoms with Crippen LogP contribution in [-0.4, -0.2) is 30.8 Å². The van der Waals surface area contributed by atoms with E-state index in [1.165, 1.54) is 6.21 Å². The molecule has 3 aromatic rings. The smallest absolute Gasteiger partial charge is 0.343 e. The number of amides is 1. The highest BCUT2D eigenvalue weighted by Gasteiger charge is 2.15. The summed E-state index contributed by atoms with van der Waals surface area (Å²) in [4.78, 5) is 24.7. The highest BCUT2D eigenvalue weighted by Crippen LogP contribution is 2.29. The summed E-state index contributed by atoms with van der Waals surface area (Å²) in [7, 11) is 0. The van der Waals surface area contributed by atoms with Gasteiger partial charge in [0.15, 0.2) is 17.6 Å². The first kappa shape index (κ1) is 25.3. The average molecular weight is 546 g/mol. The molecule has 176 valence electrons. The van der Waals surface area contributed by atoms with Crippen LogP contribution < -0.4 is 19.6 Å². The number of carbonyl (C=O) groups excluding carboxylic acids is 2. The molecule has 0 aliphatic heterocycles. The number of esters is 1. The Hall–Kier alpha value is -3.36. The van der Waals surface area contributed by atoms with Gasteiger partial charge >= 0.3 is 5.97 Å². The van der Waals surface area contributed by atoms with Gasteiger partial charge in [-0.3, -0.25) is 4.79 Å². The van der Waals surface area contributed by atoms with Crippen LogP contribution in [0.2, 0.25) is 5.02 Å². The Balaban J connectivity index is 1.62. The highest BCUT2D eigenvalue weighted by molar-refractivity contribution is 9.10. The van der Waals surface area contributed by atoms with E-state index in [1.54, 1.807) is 61.5 Å². The van der Waals surface area contributed by atoms with Gasteiger partial charge in [0.1, 0.15) is 5.75 Å². The van der Waals surface area contributed by atoms with Crippen molar-refractivity contribution < 1.29 is 23.8 Å². The van der Waals surface area contributed by atoms with Crippen LogP contribution in [0.1, 0.15) is 29.8 Å². The molecule has 1 atom stereocenters. The summed E-state index contributed by atoms with van der Waals surface area (Å²) in [5.41, 5.74) is 3.44. The van der Waals surface area contributed by atoms with E-state index in [2.05, 4.69) is 26.5 Å². The quantitative estimate of drug-likeness (QED) is 0.163. The lowest BCUT2D eigenvalue weighted by Crippen LogP contribution is -2.33. The third-order valence-electron chi connectivity index (χ3n) is 4.43. The molecule has 1 amide bonds. The number of hydrogen-bond donors (Lipinski definition) is 1. The summed E-state index contributed by atoms with van der Waals surface area (Å²) in [6, 6.07) is 18.5. The van der Waals surface area contributed by atoms with Crippen molar-refractivity contribution >= 4 is 45.6 Å². The van der Waals surface area contributed by atoms with Crippen molar-refractivity contribution in [3.05, 3.63) is 87.4 Å². The van der Waals surface area contributed by atoms with E-state index in [1.807, 2.05) is 19.1 Å². The lowest BCUT2D eigenvalue weighted by molar-refractivity contribution is -0.127. The predicted octanol–water partition coefficient (Wildman–Crippen LogP) is 5.64. The van der Waals surface area contributed by atoms with Crippen molar-refractivity contribution in [1.29, 1.82) is 0 Å². The molecule has 7 nitrogen and oxygen atoms in total. The molecule has 3 rings (SSSR count). The minimum Gasteiger partial charge on any atom is -0.490 e. The molecular formula is C25H22BrClN2O5. The zero-order valence-corrected chi connectivity index (χ0v) is 20.8. The van der Waals surface area contributed by atoms with E-state index in [4.69, 9.17) is 25.8 Å². The molecule has 34 heavy (non-hydrogen) atoms. The fourth-order valence-corrected chi connectivity index (χ4v) is 3.12. The SMILES string of the molecule is CCOc1cc(/C=N\NC(=O)[C@@H](C)Oc2ccc(Br)cc2)ccc1OC(=O)c1ccc(Cl)cc1. The van der Waals surface area contributed by atoms with Crippen LogP contribution in [0, 0.1) is 0 Å². The number of halogens is 2. The van der Waals surface area contributed by atoms with Crippen molar-refractivity contribution in [2.75, 3.05) is 6.61 Å². The number of hydrogen-bond acceptors (Lipinski definition) is 6. The van der Waals surface area contributed by atoms with Gasteiger partial charge in [-0.25, -0.2) is 10.2 Å². The van der Waals surface area contributed by atoms with Crippen molar-refractivity contribution in [2.45, 2.75) is 20.0 Å². The molecule has 0 aliphatic rings. The maximum Gasteiger partial charge on any atom is 0.343 e. The van der Waals surface area contributed by atoms with Crippen molar-refractivity contribution in [1.82, 2.24) is 5.43 Å². The summed E-state index contributed by atoms with van der Waals surface area (Å²) >= 11 is 9.21. The fourth-order valence-electron chi connectivity index (χ4n) is 2.73. The van der Waals surface area contributed by atoms with E-state index in [9.17, 15) is 9.59 Å². The number of carbonyl (C=O) groups is 2. The minimum atomic E-state index is -0.744. The molecule has 0 heterocycles. The molecule has 0 unspecified atom stereocenters. The number of ether oxygens (including phenoxy) is 3. The number of nitrogens with zero attached hydrogens (tertiary/aromatic N) is 1. The third-order valence-corrected chi connectivity index (χ3v) is 5.21. The number of benzene rings is 3. The largest absolute Gasteiger partial charge is 0.490 e. The molecule has 0 spiro atoms. The average Bonchev–Trinajstić information content (AvgIpc) is 2.82. The summed E-state index contributed by atoms with van der Waals surface area (Å²) < 4.78 is 17.6. The molecule has 9 heteroatoms. The molecule has 0 radical (unpaired) electrons. The molecule has 0 bridgehead atoms. The van der Waals surface area contributed by atoms with Crippen LogP contribution in [0.15, 0.2) is 76.3 Å². The van der Waals surface area contributed by atoms with Crippen LogP contribution >= 0.6 is 27.5 Å². The first-order valence-electron chi connectivity index (χ1n) is 10.4. The second kappa shape index (κ2) is 12.2. The lowest BCUT2D eigenvalue weighted by Gasteiger charge is -2.13. The Morgan fingerprint density at radius 1 is 1.06 bits per heavy atom. The second-order valence-corrected chi connectivity index (χ2v) is 8.34. The van der Waals surface area contributed by atoms with Gasteiger partial charge in [-0.1, -0.05) is 27.5 Å². The van der Waals surface area contributed by atoms with Crippen LogP contribution in [-0.2, 0) is 4.79 Å². The Morgan fingerprint density at radius 3 is 2.44 bits per heavy atom. The minimum absolute atomic E-state index is 0.263. The third kappa shape index (κ3) is 7.33. The summed E-state index contributed by atoms with van der Waals surface area (Å²) in [6.07, 6.45) is 0.712. The standard InChI is InChI=1S/C25H22BrClN2O5/c1-3-32-23-14-17(4-13-22(23)34-25(31)18-5-9-20(27)10-6-18)15-28-29-24(30)16(2)33-21-11-7-19(26)8-12-21/h4-16H,3H2,1-2H3,(H,29,30)/b28-15-/t16-/m1/s1. The number of hydrazone groups is 1.